The van der Waals surface area contributed by atoms with E-state index in [4.69, 9.17) is 5.73 Å². The van der Waals surface area contributed by atoms with E-state index in [1.54, 1.807) is 0 Å². The number of nitrogens with zero attached hydrogens (tertiary/aromatic N) is 2. The zero-order valence-corrected chi connectivity index (χ0v) is 8.82. The number of hydrogen-bond acceptors (Lipinski definition) is 4. The molecule has 0 saturated carbocycles. The standard InChI is InChI=1S/C8H10F3N3S/c1-2-3-15-6-4-5(8(9,10)11)13-7(12)14-6/h4H,2-3H2,1H3,(H2,12,13,14). The molecule has 0 amide bonds. The van der Waals surface area contributed by atoms with E-state index in [0.717, 1.165) is 12.5 Å². The maximum atomic E-state index is 12.3. The van der Waals surface area contributed by atoms with Crippen LogP contribution in [0.4, 0.5) is 19.1 Å². The second kappa shape index (κ2) is 4.69. The van der Waals surface area contributed by atoms with Crippen LogP contribution in [0.2, 0.25) is 0 Å². The van der Waals surface area contributed by atoms with E-state index >= 15 is 0 Å². The molecule has 0 fully saturated rings. The smallest absolute Gasteiger partial charge is 0.368 e. The highest BCUT2D eigenvalue weighted by Crippen LogP contribution is 2.30. The van der Waals surface area contributed by atoms with E-state index in [1.807, 2.05) is 6.92 Å². The van der Waals surface area contributed by atoms with Gasteiger partial charge >= 0.3 is 6.18 Å². The van der Waals surface area contributed by atoms with Crippen molar-refractivity contribution < 1.29 is 13.2 Å². The zero-order chi connectivity index (χ0) is 11.5. The van der Waals surface area contributed by atoms with Gasteiger partial charge in [-0.3, -0.25) is 0 Å². The molecule has 1 heterocycles. The van der Waals surface area contributed by atoms with Crippen molar-refractivity contribution in [2.24, 2.45) is 0 Å². The first kappa shape index (κ1) is 12.1. The van der Waals surface area contributed by atoms with E-state index in [-0.39, 0.29) is 11.0 Å². The van der Waals surface area contributed by atoms with Crippen molar-refractivity contribution >= 4 is 17.7 Å². The van der Waals surface area contributed by atoms with E-state index < -0.39 is 11.9 Å². The number of hydrogen-bond donors (Lipinski definition) is 1. The Labute approximate surface area is 89.3 Å². The Morgan fingerprint density at radius 1 is 1.40 bits per heavy atom. The van der Waals surface area contributed by atoms with Gasteiger partial charge in [-0.1, -0.05) is 6.92 Å². The second-order valence-electron chi connectivity index (χ2n) is 2.80. The first-order chi connectivity index (χ1) is 6.93. The molecule has 0 spiro atoms. The molecular formula is C8H10F3N3S. The molecule has 0 atom stereocenters. The second-order valence-corrected chi connectivity index (χ2v) is 3.91. The number of halogens is 3. The monoisotopic (exact) mass is 237 g/mol. The Kier molecular flexibility index (Phi) is 3.78. The quantitative estimate of drug-likeness (QED) is 0.648. The number of nitrogen functional groups attached to an aromatic ring is 1. The van der Waals surface area contributed by atoms with Crippen LogP contribution in [0.5, 0.6) is 0 Å². The lowest BCUT2D eigenvalue weighted by molar-refractivity contribution is -0.141. The summed E-state index contributed by atoms with van der Waals surface area (Å²) in [6.07, 6.45) is -3.62. The van der Waals surface area contributed by atoms with Crippen molar-refractivity contribution in [3.05, 3.63) is 11.8 Å². The summed E-state index contributed by atoms with van der Waals surface area (Å²) in [4.78, 5) is 6.86. The number of alkyl halides is 3. The molecule has 1 rings (SSSR count). The highest BCUT2D eigenvalue weighted by atomic mass is 32.2. The molecular weight excluding hydrogens is 227 g/mol. The largest absolute Gasteiger partial charge is 0.433 e. The molecule has 3 nitrogen and oxygen atoms in total. The van der Waals surface area contributed by atoms with Crippen LogP contribution in [0.1, 0.15) is 19.0 Å². The van der Waals surface area contributed by atoms with Gasteiger partial charge in [0, 0.05) is 6.07 Å². The van der Waals surface area contributed by atoms with Gasteiger partial charge in [-0.2, -0.15) is 13.2 Å². The van der Waals surface area contributed by atoms with Crippen molar-refractivity contribution in [2.75, 3.05) is 11.5 Å². The highest BCUT2D eigenvalue weighted by Gasteiger charge is 2.33. The third-order valence-corrected chi connectivity index (χ3v) is 2.58. The summed E-state index contributed by atoms with van der Waals surface area (Å²) in [7, 11) is 0. The van der Waals surface area contributed by atoms with Crippen molar-refractivity contribution in [2.45, 2.75) is 24.5 Å². The lowest BCUT2D eigenvalue weighted by Crippen LogP contribution is -2.11. The van der Waals surface area contributed by atoms with Crippen LogP contribution in [0.15, 0.2) is 11.1 Å². The highest BCUT2D eigenvalue weighted by molar-refractivity contribution is 7.99. The number of nitrogens with two attached hydrogens (primary N) is 1. The number of aromatic nitrogens is 2. The van der Waals surface area contributed by atoms with Gasteiger partial charge in [0.1, 0.15) is 5.03 Å². The molecule has 0 unspecified atom stereocenters. The summed E-state index contributed by atoms with van der Waals surface area (Å²) in [6, 6.07) is 0.913. The topological polar surface area (TPSA) is 51.8 Å². The van der Waals surface area contributed by atoms with Crippen LogP contribution in [0, 0.1) is 0 Å². The van der Waals surface area contributed by atoms with Gasteiger partial charge in [0.2, 0.25) is 5.95 Å². The van der Waals surface area contributed by atoms with Gasteiger partial charge in [-0.25, -0.2) is 9.97 Å². The van der Waals surface area contributed by atoms with Gasteiger partial charge in [-0.15, -0.1) is 11.8 Å². The van der Waals surface area contributed by atoms with Crippen LogP contribution in [-0.4, -0.2) is 15.7 Å². The van der Waals surface area contributed by atoms with Crippen molar-refractivity contribution in [3.8, 4) is 0 Å². The van der Waals surface area contributed by atoms with Crippen molar-refractivity contribution in [1.82, 2.24) is 9.97 Å². The third-order valence-electron chi connectivity index (χ3n) is 1.46. The normalized spacial score (nSPS) is 11.7. The van der Waals surface area contributed by atoms with Gasteiger partial charge < -0.3 is 5.73 Å². The van der Waals surface area contributed by atoms with Crippen molar-refractivity contribution in [1.29, 1.82) is 0 Å². The zero-order valence-electron chi connectivity index (χ0n) is 8.01. The maximum absolute atomic E-state index is 12.3. The Bertz CT molecular complexity index is 340. The summed E-state index contributed by atoms with van der Waals surface area (Å²) in [5, 5.41) is 0.261. The SMILES string of the molecule is CCCSc1cc(C(F)(F)F)nc(N)n1. The Morgan fingerprint density at radius 3 is 2.60 bits per heavy atom. The minimum atomic E-state index is -4.47. The molecule has 1 aromatic heterocycles. The lowest BCUT2D eigenvalue weighted by atomic mass is 10.4. The average Bonchev–Trinajstić information content (AvgIpc) is 2.12. The third kappa shape index (κ3) is 3.58. The van der Waals surface area contributed by atoms with Gasteiger partial charge in [0.05, 0.1) is 0 Å². The van der Waals surface area contributed by atoms with E-state index in [9.17, 15) is 13.2 Å². The summed E-state index contributed by atoms with van der Waals surface area (Å²) < 4.78 is 36.9. The first-order valence-electron chi connectivity index (χ1n) is 4.28. The summed E-state index contributed by atoms with van der Waals surface area (Å²) in [6.45, 7) is 1.93. The summed E-state index contributed by atoms with van der Waals surface area (Å²) in [5.41, 5.74) is 4.20. The molecule has 2 N–H and O–H groups in total. The summed E-state index contributed by atoms with van der Waals surface area (Å²) in [5.74, 6) is 0.358. The Morgan fingerprint density at radius 2 is 2.07 bits per heavy atom. The number of anilines is 1. The Hall–Kier alpha value is -0.980. The fourth-order valence-corrected chi connectivity index (χ4v) is 1.63. The van der Waals surface area contributed by atoms with Gasteiger partial charge in [-0.05, 0) is 12.2 Å². The fraction of sp³-hybridized carbons (Fsp3) is 0.500. The minimum absolute atomic E-state index is 0.261. The van der Waals surface area contributed by atoms with Crippen LogP contribution in [-0.2, 0) is 6.18 Å². The van der Waals surface area contributed by atoms with E-state index in [2.05, 4.69) is 9.97 Å². The molecule has 0 aliphatic carbocycles. The fourth-order valence-electron chi connectivity index (χ4n) is 0.869. The molecule has 7 heteroatoms. The molecule has 0 aromatic carbocycles. The molecule has 15 heavy (non-hydrogen) atoms. The lowest BCUT2D eigenvalue weighted by Gasteiger charge is -2.07. The number of thioether (sulfide) groups is 1. The van der Waals surface area contributed by atoms with E-state index in [1.165, 1.54) is 11.8 Å². The van der Waals surface area contributed by atoms with E-state index in [0.29, 0.717) is 5.75 Å². The molecule has 0 aliphatic heterocycles. The predicted octanol–water partition coefficient (Wildman–Crippen LogP) is 2.58. The van der Waals surface area contributed by atoms with Crippen LogP contribution < -0.4 is 5.73 Å². The van der Waals surface area contributed by atoms with Crippen molar-refractivity contribution in [3.63, 3.8) is 0 Å². The molecule has 84 valence electrons. The molecule has 0 saturated heterocycles. The molecule has 1 aromatic rings. The molecule has 0 bridgehead atoms. The van der Waals surface area contributed by atoms with Crippen LogP contribution in [0.25, 0.3) is 0 Å². The van der Waals surface area contributed by atoms with Crippen LogP contribution >= 0.6 is 11.8 Å². The Balaban J connectivity index is 2.95. The van der Waals surface area contributed by atoms with Gasteiger partial charge in [0.25, 0.3) is 0 Å². The molecule has 0 aliphatic rings. The maximum Gasteiger partial charge on any atom is 0.433 e. The van der Waals surface area contributed by atoms with Gasteiger partial charge in [0.15, 0.2) is 5.69 Å². The first-order valence-corrected chi connectivity index (χ1v) is 5.26. The minimum Gasteiger partial charge on any atom is -0.368 e. The number of rotatable bonds is 3. The molecule has 0 radical (unpaired) electrons. The summed E-state index contributed by atoms with van der Waals surface area (Å²) >= 11 is 1.23. The average molecular weight is 237 g/mol. The van der Waals surface area contributed by atoms with Crippen LogP contribution in [0.3, 0.4) is 0 Å². The predicted molar refractivity (Wildman–Crippen MR) is 52.5 cm³/mol.